The minimum Gasteiger partial charge on any atom is -0.403 e. The average Bonchev–Trinajstić information content (AvgIpc) is 2.26. The Hall–Kier alpha value is -1.15. The monoisotopic (exact) mass is 291 g/mol. The third-order valence-electron chi connectivity index (χ3n) is 1.98. The van der Waals surface area contributed by atoms with Crippen LogP contribution in [-0.4, -0.2) is 16.5 Å². The molecule has 0 fully saturated rings. The number of hydrogen-bond acceptors (Lipinski definition) is 3. The topological polar surface area (TPSA) is 42.4 Å². The van der Waals surface area contributed by atoms with Crippen LogP contribution in [-0.2, 0) is 12.5 Å². The van der Waals surface area contributed by atoms with Gasteiger partial charge in [0.05, 0.1) is 12.5 Å². The summed E-state index contributed by atoms with van der Waals surface area (Å²) in [6, 6.07) is 0. The minimum atomic E-state index is -5.09. The highest BCUT2D eigenvalue weighted by Crippen LogP contribution is 2.35. The van der Waals surface area contributed by atoms with Gasteiger partial charge in [-0.1, -0.05) is 0 Å². The predicted molar refractivity (Wildman–Crippen MR) is 51.4 cm³/mol. The standard InChI is InChI=1S/C9H7ClF5NO2/c10-1-4-5(8(11)12)2-16-6(3-17)7(4)18-9(13,14)15/h2,8,17H,1,3H2. The van der Waals surface area contributed by atoms with Crippen LogP contribution in [0, 0.1) is 0 Å². The molecule has 0 aliphatic heterocycles. The summed E-state index contributed by atoms with van der Waals surface area (Å²) < 4.78 is 65.2. The van der Waals surface area contributed by atoms with Crippen molar-refractivity contribution in [3.8, 4) is 5.75 Å². The quantitative estimate of drug-likeness (QED) is 0.684. The highest BCUT2D eigenvalue weighted by molar-refractivity contribution is 6.17. The maximum absolute atomic E-state index is 12.6. The van der Waals surface area contributed by atoms with Crippen molar-refractivity contribution in [2.75, 3.05) is 0 Å². The molecular formula is C9H7ClF5NO2. The van der Waals surface area contributed by atoms with Gasteiger partial charge in [0, 0.05) is 17.3 Å². The summed E-state index contributed by atoms with van der Waals surface area (Å²) in [5, 5.41) is 8.82. The maximum Gasteiger partial charge on any atom is 0.573 e. The number of aliphatic hydroxyl groups is 1. The Labute approximate surface area is 103 Å². The van der Waals surface area contributed by atoms with Crippen LogP contribution >= 0.6 is 11.6 Å². The minimum absolute atomic E-state index is 0.507. The fraction of sp³-hybridized carbons (Fsp3) is 0.444. The summed E-state index contributed by atoms with van der Waals surface area (Å²) >= 11 is 5.35. The first-order chi connectivity index (χ1) is 8.30. The largest absolute Gasteiger partial charge is 0.573 e. The van der Waals surface area contributed by atoms with Crippen LogP contribution in [0.5, 0.6) is 5.75 Å². The SMILES string of the molecule is OCc1ncc(C(F)F)c(CCl)c1OC(F)(F)F. The molecule has 0 bridgehead atoms. The fourth-order valence-electron chi connectivity index (χ4n) is 1.26. The van der Waals surface area contributed by atoms with Crippen LogP contribution in [0.4, 0.5) is 22.0 Å². The first-order valence-electron chi connectivity index (χ1n) is 4.51. The normalized spacial score (nSPS) is 12.0. The highest BCUT2D eigenvalue weighted by atomic mass is 35.5. The van der Waals surface area contributed by atoms with Crippen LogP contribution < -0.4 is 4.74 Å². The van der Waals surface area contributed by atoms with Gasteiger partial charge in [-0.05, 0) is 0 Å². The number of ether oxygens (including phenoxy) is 1. The molecule has 9 heteroatoms. The molecule has 0 amide bonds. The lowest BCUT2D eigenvalue weighted by Crippen LogP contribution is -2.20. The summed E-state index contributed by atoms with van der Waals surface area (Å²) in [5.74, 6) is -1.60. The van der Waals surface area contributed by atoms with Crippen LogP contribution in [0.15, 0.2) is 6.20 Å². The zero-order valence-corrected chi connectivity index (χ0v) is 9.40. The molecule has 0 aliphatic rings. The van der Waals surface area contributed by atoms with Crippen molar-refractivity contribution in [3.63, 3.8) is 0 Å². The predicted octanol–water partition coefficient (Wildman–Crippen LogP) is 3.15. The number of hydrogen-bond donors (Lipinski definition) is 1. The van der Waals surface area contributed by atoms with E-state index in [1.54, 1.807) is 0 Å². The Kier molecular flexibility index (Phi) is 4.69. The average molecular weight is 292 g/mol. The first-order valence-corrected chi connectivity index (χ1v) is 5.05. The van der Waals surface area contributed by atoms with Crippen molar-refractivity contribution >= 4 is 11.6 Å². The van der Waals surface area contributed by atoms with Crippen LogP contribution in [0.3, 0.4) is 0 Å². The van der Waals surface area contributed by atoms with Gasteiger partial charge in [-0.3, -0.25) is 4.98 Å². The van der Waals surface area contributed by atoms with Crippen molar-refractivity contribution in [3.05, 3.63) is 23.0 Å². The Bertz CT molecular complexity index is 424. The van der Waals surface area contributed by atoms with E-state index in [2.05, 4.69) is 9.72 Å². The van der Waals surface area contributed by atoms with E-state index in [-0.39, 0.29) is 0 Å². The van der Waals surface area contributed by atoms with E-state index in [9.17, 15) is 22.0 Å². The molecule has 0 aromatic carbocycles. The number of nitrogens with zero attached hydrogens (tertiary/aromatic N) is 1. The zero-order valence-electron chi connectivity index (χ0n) is 8.64. The van der Waals surface area contributed by atoms with Crippen LogP contribution in [0.1, 0.15) is 23.2 Å². The summed E-state index contributed by atoms with van der Waals surface area (Å²) in [4.78, 5) is 3.30. The number of halogens is 6. The van der Waals surface area contributed by atoms with Crippen molar-refractivity contribution in [1.82, 2.24) is 4.98 Å². The smallest absolute Gasteiger partial charge is 0.403 e. The molecule has 0 unspecified atom stereocenters. The van der Waals surface area contributed by atoms with Gasteiger partial charge in [0.2, 0.25) is 0 Å². The van der Waals surface area contributed by atoms with E-state index in [0.29, 0.717) is 6.20 Å². The van der Waals surface area contributed by atoms with Gasteiger partial charge < -0.3 is 9.84 Å². The van der Waals surface area contributed by atoms with E-state index in [4.69, 9.17) is 16.7 Å². The third-order valence-corrected chi connectivity index (χ3v) is 2.25. The summed E-state index contributed by atoms with van der Waals surface area (Å²) in [6.07, 6.45) is -7.47. The Morgan fingerprint density at radius 1 is 1.39 bits per heavy atom. The fourth-order valence-corrected chi connectivity index (χ4v) is 1.54. The first kappa shape index (κ1) is 14.9. The van der Waals surface area contributed by atoms with Gasteiger partial charge in [0.25, 0.3) is 6.43 Å². The second-order valence-electron chi connectivity index (χ2n) is 3.11. The molecule has 0 aliphatic carbocycles. The Morgan fingerprint density at radius 3 is 2.39 bits per heavy atom. The third kappa shape index (κ3) is 3.42. The lowest BCUT2D eigenvalue weighted by atomic mass is 10.1. The molecule has 0 spiro atoms. The number of aliphatic hydroxyl groups excluding tert-OH is 1. The van der Waals surface area contributed by atoms with Crippen LogP contribution in [0.2, 0.25) is 0 Å². The number of aromatic nitrogens is 1. The second kappa shape index (κ2) is 5.66. The Balaban J connectivity index is 3.37. The van der Waals surface area contributed by atoms with Gasteiger partial charge in [-0.25, -0.2) is 8.78 Å². The number of rotatable bonds is 4. The van der Waals surface area contributed by atoms with Gasteiger partial charge in [0.15, 0.2) is 5.75 Å². The van der Waals surface area contributed by atoms with Gasteiger partial charge >= 0.3 is 6.36 Å². The molecule has 18 heavy (non-hydrogen) atoms. The number of alkyl halides is 6. The van der Waals surface area contributed by atoms with E-state index < -0.39 is 47.8 Å². The highest BCUT2D eigenvalue weighted by Gasteiger charge is 2.34. The molecule has 102 valence electrons. The van der Waals surface area contributed by atoms with E-state index >= 15 is 0 Å². The summed E-state index contributed by atoms with van der Waals surface area (Å²) in [5.41, 5.74) is -1.81. The molecule has 3 nitrogen and oxygen atoms in total. The Morgan fingerprint density at radius 2 is 2.00 bits per heavy atom. The zero-order chi connectivity index (χ0) is 13.9. The molecule has 1 aromatic rings. The summed E-state index contributed by atoms with van der Waals surface area (Å²) in [7, 11) is 0. The van der Waals surface area contributed by atoms with Crippen LogP contribution in [0.25, 0.3) is 0 Å². The molecule has 1 N–H and O–H groups in total. The van der Waals surface area contributed by atoms with E-state index in [0.717, 1.165) is 0 Å². The second-order valence-corrected chi connectivity index (χ2v) is 3.38. The molecule has 0 saturated heterocycles. The molecule has 1 rings (SSSR count). The van der Waals surface area contributed by atoms with Gasteiger partial charge in [-0.15, -0.1) is 24.8 Å². The molecular weight excluding hydrogens is 285 g/mol. The lowest BCUT2D eigenvalue weighted by molar-refractivity contribution is -0.275. The lowest BCUT2D eigenvalue weighted by Gasteiger charge is -2.17. The van der Waals surface area contributed by atoms with Crippen molar-refractivity contribution < 1.29 is 31.8 Å². The van der Waals surface area contributed by atoms with E-state index in [1.165, 1.54) is 0 Å². The van der Waals surface area contributed by atoms with Gasteiger partial charge in [-0.2, -0.15) is 0 Å². The molecule has 0 atom stereocenters. The number of pyridine rings is 1. The molecule has 0 radical (unpaired) electrons. The van der Waals surface area contributed by atoms with Crippen molar-refractivity contribution in [2.45, 2.75) is 25.3 Å². The summed E-state index contributed by atoms with van der Waals surface area (Å²) in [6.45, 7) is -0.890. The molecule has 1 heterocycles. The van der Waals surface area contributed by atoms with Gasteiger partial charge in [0.1, 0.15) is 5.69 Å². The van der Waals surface area contributed by atoms with Crippen molar-refractivity contribution in [1.29, 1.82) is 0 Å². The van der Waals surface area contributed by atoms with Crippen molar-refractivity contribution in [2.24, 2.45) is 0 Å². The maximum atomic E-state index is 12.6. The molecule has 0 saturated carbocycles. The molecule has 1 aromatic heterocycles. The van der Waals surface area contributed by atoms with E-state index in [1.807, 2.05) is 0 Å².